The minimum absolute atomic E-state index is 0.664. The third kappa shape index (κ3) is 3.61. The van der Waals surface area contributed by atoms with Gasteiger partial charge in [0.15, 0.2) is 0 Å². The maximum absolute atomic E-state index is 2.55. The average Bonchev–Trinajstić information content (AvgIpc) is 2.73. The molecule has 2 heterocycles. The Morgan fingerprint density at radius 1 is 1.06 bits per heavy atom. The maximum Gasteiger partial charge on any atom is 0.0390 e. The van der Waals surface area contributed by atoms with Crippen LogP contribution in [0.4, 0.5) is 0 Å². The van der Waals surface area contributed by atoms with Gasteiger partial charge >= 0.3 is 0 Å². The normalized spacial score (nSPS) is 15.6. The van der Waals surface area contributed by atoms with Crippen LogP contribution in [-0.4, -0.2) is 22.1 Å². The van der Waals surface area contributed by atoms with Crippen molar-refractivity contribution in [2.24, 2.45) is 5.92 Å². The van der Waals surface area contributed by atoms with E-state index in [0.717, 1.165) is 12.5 Å². The Morgan fingerprint density at radius 3 is 2.28 bits per heavy atom. The summed E-state index contributed by atoms with van der Waals surface area (Å²) in [6, 6.07) is 5.29. The van der Waals surface area contributed by atoms with Crippen LogP contribution in [0.2, 0.25) is 0 Å². The molecule has 0 bridgehead atoms. The van der Waals surface area contributed by atoms with Crippen molar-refractivity contribution in [1.29, 1.82) is 0 Å². The maximum atomic E-state index is 2.55. The van der Waals surface area contributed by atoms with Crippen LogP contribution in [0, 0.1) is 5.92 Å². The molecule has 0 unspecified atom stereocenters. The molecule has 18 heavy (non-hydrogen) atoms. The second kappa shape index (κ2) is 6.98. The van der Waals surface area contributed by atoms with E-state index in [-0.39, 0.29) is 0 Å². The molecule has 2 heteroatoms. The van der Waals surface area contributed by atoms with Crippen LogP contribution < -0.4 is 0 Å². The van der Waals surface area contributed by atoms with E-state index >= 15 is 0 Å². The number of aromatic nitrogens is 1. The minimum atomic E-state index is 0.664. The van der Waals surface area contributed by atoms with Crippen LogP contribution in [0.5, 0.6) is 0 Å². The van der Waals surface area contributed by atoms with Gasteiger partial charge in [-0.3, -0.25) is 4.90 Å². The highest BCUT2D eigenvalue weighted by Gasteiger charge is 2.19. The van der Waals surface area contributed by atoms with Crippen molar-refractivity contribution in [3.05, 3.63) is 23.5 Å². The number of nitrogens with zero attached hydrogens (tertiary/aromatic N) is 2. The number of hydrogen-bond acceptors (Lipinski definition) is 1. The lowest BCUT2D eigenvalue weighted by Crippen LogP contribution is -2.38. The predicted molar refractivity (Wildman–Crippen MR) is 79.9 cm³/mol. The van der Waals surface area contributed by atoms with E-state index in [2.05, 4.69) is 49.3 Å². The average molecular weight is 250 g/mol. The fraction of sp³-hybridized carbons (Fsp3) is 0.750. The van der Waals surface area contributed by atoms with Gasteiger partial charge in [-0.2, -0.15) is 0 Å². The van der Waals surface area contributed by atoms with Gasteiger partial charge in [-0.05, 0) is 38.3 Å². The number of fused-ring (bicyclic) bond motifs is 1. The fourth-order valence-corrected chi connectivity index (χ4v) is 2.53. The van der Waals surface area contributed by atoms with Gasteiger partial charge in [-0.25, -0.2) is 0 Å². The molecule has 1 aromatic heterocycles. The van der Waals surface area contributed by atoms with Crippen LogP contribution in [0.25, 0.3) is 0 Å². The lowest BCUT2D eigenvalue weighted by atomic mass is 10.1. The SMILES string of the molecule is CC.CC(C)Cc1ccc2n1CCN(C(C)C)C2. The highest BCUT2D eigenvalue weighted by atomic mass is 15.2. The molecule has 0 saturated heterocycles. The van der Waals surface area contributed by atoms with Gasteiger partial charge in [0.1, 0.15) is 0 Å². The third-order valence-corrected chi connectivity index (χ3v) is 3.49. The number of hydrogen-bond donors (Lipinski definition) is 0. The molecule has 0 radical (unpaired) electrons. The zero-order valence-corrected chi connectivity index (χ0v) is 13.0. The lowest BCUT2D eigenvalue weighted by Gasteiger charge is -2.32. The Hall–Kier alpha value is -0.760. The Morgan fingerprint density at radius 2 is 1.72 bits per heavy atom. The monoisotopic (exact) mass is 250 g/mol. The fourth-order valence-electron chi connectivity index (χ4n) is 2.53. The Balaban J connectivity index is 0.000000771. The van der Waals surface area contributed by atoms with Crippen LogP contribution in [0.3, 0.4) is 0 Å². The summed E-state index contributed by atoms with van der Waals surface area (Å²) in [6.07, 6.45) is 1.21. The molecule has 0 spiro atoms. The van der Waals surface area contributed by atoms with E-state index in [1.807, 2.05) is 13.8 Å². The van der Waals surface area contributed by atoms with Crippen molar-refractivity contribution in [2.75, 3.05) is 6.54 Å². The summed E-state index contributed by atoms with van der Waals surface area (Å²) >= 11 is 0. The topological polar surface area (TPSA) is 8.17 Å². The van der Waals surface area contributed by atoms with Crippen LogP contribution in [-0.2, 0) is 19.5 Å². The van der Waals surface area contributed by atoms with Crippen molar-refractivity contribution in [3.63, 3.8) is 0 Å². The van der Waals surface area contributed by atoms with Gasteiger partial charge in [-0.15, -0.1) is 0 Å². The van der Waals surface area contributed by atoms with Gasteiger partial charge in [0.2, 0.25) is 0 Å². The first kappa shape index (κ1) is 15.3. The molecule has 1 aliphatic rings. The highest BCUT2D eigenvalue weighted by Crippen LogP contribution is 2.20. The zero-order valence-electron chi connectivity index (χ0n) is 13.0. The highest BCUT2D eigenvalue weighted by molar-refractivity contribution is 5.18. The quantitative estimate of drug-likeness (QED) is 0.789. The minimum Gasteiger partial charge on any atom is -0.346 e. The van der Waals surface area contributed by atoms with Crippen molar-refractivity contribution < 1.29 is 0 Å². The van der Waals surface area contributed by atoms with E-state index in [1.54, 1.807) is 0 Å². The molecule has 0 saturated carbocycles. The molecule has 0 fully saturated rings. The molecule has 2 nitrogen and oxygen atoms in total. The Bertz CT molecular complexity index is 350. The first-order chi connectivity index (χ1) is 8.58. The lowest BCUT2D eigenvalue weighted by molar-refractivity contribution is 0.175. The second-order valence-corrected chi connectivity index (χ2v) is 5.63. The summed E-state index contributed by atoms with van der Waals surface area (Å²) in [6.45, 7) is 16.6. The van der Waals surface area contributed by atoms with Gasteiger partial charge in [0, 0.05) is 37.1 Å². The van der Waals surface area contributed by atoms with Gasteiger partial charge in [-0.1, -0.05) is 27.7 Å². The zero-order chi connectivity index (χ0) is 13.7. The molecule has 0 aliphatic carbocycles. The second-order valence-electron chi connectivity index (χ2n) is 5.63. The van der Waals surface area contributed by atoms with Crippen molar-refractivity contribution in [2.45, 2.75) is 67.1 Å². The van der Waals surface area contributed by atoms with Crippen molar-refractivity contribution in [3.8, 4) is 0 Å². The summed E-state index contributed by atoms with van der Waals surface area (Å²) in [5.41, 5.74) is 3.02. The first-order valence-corrected chi connectivity index (χ1v) is 7.49. The van der Waals surface area contributed by atoms with Crippen LogP contribution >= 0.6 is 0 Å². The molecule has 1 aromatic rings. The molecule has 1 aliphatic heterocycles. The van der Waals surface area contributed by atoms with Gasteiger partial charge in [0.25, 0.3) is 0 Å². The molecule has 104 valence electrons. The summed E-state index contributed by atoms with van der Waals surface area (Å²) in [5.74, 6) is 0.752. The Kier molecular flexibility index (Phi) is 5.94. The van der Waals surface area contributed by atoms with Crippen LogP contribution in [0.1, 0.15) is 52.9 Å². The standard InChI is InChI=1S/C14H24N2.C2H6/c1-11(2)9-13-5-6-14-10-15(12(3)4)7-8-16(13)14;1-2/h5-6,11-12H,7-10H2,1-4H3;1-2H3. The smallest absolute Gasteiger partial charge is 0.0390 e. The number of rotatable bonds is 3. The molecular weight excluding hydrogens is 220 g/mol. The molecule has 0 N–H and O–H groups in total. The summed E-state index contributed by atoms with van der Waals surface area (Å²) in [7, 11) is 0. The van der Waals surface area contributed by atoms with Gasteiger partial charge < -0.3 is 4.57 Å². The first-order valence-electron chi connectivity index (χ1n) is 7.49. The van der Waals surface area contributed by atoms with E-state index in [9.17, 15) is 0 Å². The van der Waals surface area contributed by atoms with E-state index < -0.39 is 0 Å². The predicted octanol–water partition coefficient (Wildman–Crippen LogP) is 3.94. The summed E-state index contributed by atoms with van der Waals surface area (Å²) < 4.78 is 2.53. The van der Waals surface area contributed by atoms with E-state index in [1.165, 1.54) is 30.9 Å². The van der Waals surface area contributed by atoms with E-state index in [4.69, 9.17) is 0 Å². The molecule has 2 rings (SSSR count). The largest absolute Gasteiger partial charge is 0.346 e. The van der Waals surface area contributed by atoms with Crippen molar-refractivity contribution in [1.82, 2.24) is 9.47 Å². The Labute approximate surface area is 113 Å². The van der Waals surface area contributed by atoms with Gasteiger partial charge in [0.05, 0.1) is 0 Å². The van der Waals surface area contributed by atoms with Crippen LogP contribution in [0.15, 0.2) is 12.1 Å². The van der Waals surface area contributed by atoms with E-state index in [0.29, 0.717) is 6.04 Å². The summed E-state index contributed by atoms with van der Waals surface area (Å²) in [4.78, 5) is 2.55. The van der Waals surface area contributed by atoms with Crippen molar-refractivity contribution >= 4 is 0 Å². The molecule has 0 amide bonds. The molecule has 0 atom stereocenters. The summed E-state index contributed by atoms with van der Waals surface area (Å²) in [5, 5.41) is 0. The third-order valence-electron chi connectivity index (χ3n) is 3.49. The molecular formula is C16H30N2. The molecule has 0 aromatic carbocycles.